The zero-order valence-electron chi connectivity index (χ0n) is 5.99. The molecule has 0 saturated heterocycles. The first kappa shape index (κ1) is 9.91. The summed E-state index contributed by atoms with van der Waals surface area (Å²) in [5.74, 6) is -0.159. The van der Waals surface area contributed by atoms with Crippen LogP contribution in [0.4, 0.5) is 0 Å². The van der Waals surface area contributed by atoms with Crippen LogP contribution in [0.5, 0.6) is 0 Å². The van der Waals surface area contributed by atoms with E-state index in [1.165, 1.54) is 24.1 Å². The van der Waals surface area contributed by atoms with Crippen LogP contribution in [0.2, 0.25) is 0 Å². The van der Waals surface area contributed by atoms with E-state index in [4.69, 9.17) is 0 Å². The van der Waals surface area contributed by atoms with Gasteiger partial charge in [0, 0.05) is 17.1 Å². The molecule has 2 unspecified atom stereocenters. The molecular weight excluding hydrogens is 168 g/mol. The molecule has 0 spiro atoms. The van der Waals surface area contributed by atoms with Gasteiger partial charge in [-0.3, -0.25) is 9.00 Å². The Labute approximate surface area is 67.5 Å². The highest BCUT2D eigenvalue weighted by molar-refractivity contribution is 8.11. The molecule has 0 aromatic carbocycles. The lowest BCUT2D eigenvalue weighted by Gasteiger charge is -2.05. The summed E-state index contributed by atoms with van der Waals surface area (Å²) in [7, 11) is -1.09. The van der Waals surface area contributed by atoms with Crippen molar-refractivity contribution in [2.24, 2.45) is 0 Å². The van der Waals surface area contributed by atoms with Gasteiger partial charge < -0.3 is 0 Å². The highest BCUT2D eigenvalue weighted by Crippen LogP contribution is 2.10. The predicted molar refractivity (Wildman–Crippen MR) is 46.6 cm³/mol. The molecule has 0 aromatic heterocycles. The average molecular weight is 178 g/mol. The van der Waals surface area contributed by atoms with Crippen molar-refractivity contribution in [3.8, 4) is 0 Å². The Morgan fingerprint density at radius 1 is 1.80 bits per heavy atom. The van der Waals surface area contributed by atoms with Gasteiger partial charge in [0.25, 0.3) is 0 Å². The summed E-state index contributed by atoms with van der Waals surface area (Å²) in [4.78, 5) is 10.9. The maximum Gasteiger partial charge on any atom is 0.180 e. The Kier molecular flexibility index (Phi) is 4.64. The summed E-state index contributed by atoms with van der Waals surface area (Å²) in [6, 6.07) is 0. The van der Waals surface area contributed by atoms with Gasteiger partial charge in [-0.1, -0.05) is 6.58 Å². The van der Waals surface area contributed by atoms with Gasteiger partial charge in [0.15, 0.2) is 5.78 Å². The van der Waals surface area contributed by atoms with Crippen LogP contribution in [0, 0.1) is 0 Å². The van der Waals surface area contributed by atoms with E-state index < -0.39 is 15.4 Å². The monoisotopic (exact) mass is 178 g/mol. The minimum atomic E-state index is -1.09. The second-order valence-electron chi connectivity index (χ2n) is 1.67. The normalized spacial score (nSPS) is 15.8. The van der Waals surface area contributed by atoms with Crippen LogP contribution in [0.25, 0.3) is 0 Å². The number of ketones is 1. The molecule has 0 aromatic rings. The van der Waals surface area contributed by atoms with Gasteiger partial charge in [-0.2, -0.15) is 0 Å². The lowest BCUT2D eigenvalue weighted by molar-refractivity contribution is -0.112. The lowest BCUT2D eigenvalue weighted by Crippen LogP contribution is -2.18. The second-order valence-corrected chi connectivity index (χ2v) is 4.38. The minimum absolute atomic E-state index is 0.159. The van der Waals surface area contributed by atoms with Crippen LogP contribution in [-0.2, 0) is 15.6 Å². The maximum absolute atomic E-state index is 10.9. The fourth-order valence-electron chi connectivity index (χ4n) is 0.511. The Hall–Kier alpha value is -0.0900. The van der Waals surface area contributed by atoms with E-state index in [-0.39, 0.29) is 5.78 Å². The number of thioether (sulfide) groups is 1. The van der Waals surface area contributed by atoms with Crippen LogP contribution in [0.1, 0.15) is 0 Å². The summed E-state index contributed by atoms with van der Waals surface area (Å²) >= 11 is 1.29. The summed E-state index contributed by atoms with van der Waals surface area (Å²) < 4.78 is 10.4. The first-order chi connectivity index (χ1) is 4.63. The SMILES string of the molecule is C=CC(=O)C(SC)S(C)=O. The molecule has 58 valence electrons. The number of carbonyl (C=O) groups excluding carboxylic acids is 1. The van der Waals surface area contributed by atoms with E-state index in [0.29, 0.717) is 0 Å². The van der Waals surface area contributed by atoms with Crippen LogP contribution in [-0.4, -0.2) is 27.1 Å². The number of rotatable bonds is 4. The van der Waals surface area contributed by atoms with E-state index in [2.05, 4.69) is 6.58 Å². The van der Waals surface area contributed by atoms with Crippen molar-refractivity contribution in [1.82, 2.24) is 0 Å². The topological polar surface area (TPSA) is 34.1 Å². The number of hydrogen-bond donors (Lipinski definition) is 0. The van der Waals surface area contributed by atoms with Crippen molar-refractivity contribution in [3.63, 3.8) is 0 Å². The van der Waals surface area contributed by atoms with Crippen LogP contribution in [0.3, 0.4) is 0 Å². The third-order valence-electron chi connectivity index (χ3n) is 0.949. The van der Waals surface area contributed by atoms with Gasteiger partial charge in [-0.05, 0) is 12.3 Å². The highest BCUT2D eigenvalue weighted by atomic mass is 32.2. The fourth-order valence-corrected chi connectivity index (χ4v) is 2.35. The number of allylic oxidation sites excluding steroid dienone is 1. The molecule has 0 heterocycles. The molecule has 0 radical (unpaired) electrons. The molecule has 2 atom stereocenters. The molecule has 0 N–H and O–H groups in total. The minimum Gasteiger partial charge on any atom is -0.293 e. The smallest absolute Gasteiger partial charge is 0.180 e. The molecule has 0 saturated carbocycles. The molecule has 0 aliphatic carbocycles. The van der Waals surface area contributed by atoms with Crippen molar-refractivity contribution in [3.05, 3.63) is 12.7 Å². The summed E-state index contributed by atoms with van der Waals surface area (Å²) in [5, 5.41) is 0. The highest BCUT2D eigenvalue weighted by Gasteiger charge is 2.17. The zero-order chi connectivity index (χ0) is 8.15. The summed E-state index contributed by atoms with van der Waals surface area (Å²) in [6.45, 7) is 3.31. The number of hydrogen-bond acceptors (Lipinski definition) is 3. The van der Waals surface area contributed by atoms with Crippen molar-refractivity contribution in [2.45, 2.75) is 4.58 Å². The molecule has 0 aliphatic heterocycles. The second kappa shape index (κ2) is 4.68. The Morgan fingerprint density at radius 2 is 2.30 bits per heavy atom. The van der Waals surface area contributed by atoms with E-state index in [0.717, 1.165) is 0 Å². The van der Waals surface area contributed by atoms with Gasteiger partial charge in [0.05, 0.1) is 0 Å². The average Bonchev–Trinajstić information content (AvgIpc) is 1.88. The molecule has 0 bridgehead atoms. The van der Waals surface area contributed by atoms with Gasteiger partial charge >= 0.3 is 0 Å². The Morgan fingerprint density at radius 3 is 2.40 bits per heavy atom. The van der Waals surface area contributed by atoms with Gasteiger partial charge in [-0.25, -0.2) is 0 Å². The molecule has 0 rings (SSSR count). The van der Waals surface area contributed by atoms with E-state index in [1.807, 2.05) is 0 Å². The quantitative estimate of drug-likeness (QED) is 0.597. The molecule has 2 nitrogen and oxygen atoms in total. The predicted octanol–water partition coefficient (Wildman–Crippen LogP) is 0.809. The zero-order valence-corrected chi connectivity index (χ0v) is 7.63. The van der Waals surface area contributed by atoms with Crippen molar-refractivity contribution in [1.29, 1.82) is 0 Å². The van der Waals surface area contributed by atoms with E-state index in [1.54, 1.807) is 6.26 Å². The van der Waals surface area contributed by atoms with Crippen LogP contribution >= 0.6 is 11.8 Å². The lowest BCUT2D eigenvalue weighted by atomic mass is 10.4. The molecule has 10 heavy (non-hydrogen) atoms. The van der Waals surface area contributed by atoms with Gasteiger partial charge in [0.2, 0.25) is 0 Å². The Balaban J connectivity index is 4.20. The molecule has 4 heteroatoms. The van der Waals surface area contributed by atoms with Crippen molar-refractivity contribution in [2.75, 3.05) is 12.5 Å². The standard InChI is InChI=1S/C6H10O2S2/c1-4-5(7)6(9-2)10(3)8/h4,6H,1H2,2-3H3. The van der Waals surface area contributed by atoms with Gasteiger partial charge in [0.1, 0.15) is 4.58 Å². The van der Waals surface area contributed by atoms with Crippen molar-refractivity contribution < 1.29 is 9.00 Å². The van der Waals surface area contributed by atoms with Crippen LogP contribution in [0.15, 0.2) is 12.7 Å². The van der Waals surface area contributed by atoms with Crippen LogP contribution < -0.4 is 0 Å². The maximum atomic E-state index is 10.9. The van der Waals surface area contributed by atoms with Gasteiger partial charge in [-0.15, -0.1) is 11.8 Å². The summed E-state index contributed by atoms with van der Waals surface area (Å²) in [6.07, 6.45) is 4.48. The molecule has 0 aliphatic rings. The molecule has 0 amide bonds. The third-order valence-corrected chi connectivity index (χ3v) is 3.84. The van der Waals surface area contributed by atoms with E-state index >= 15 is 0 Å². The third kappa shape index (κ3) is 2.66. The fraction of sp³-hybridized carbons (Fsp3) is 0.500. The molecular formula is C6H10O2S2. The largest absolute Gasteiger partial charge is 0.293 e. The molecule has 0 fully saturated rings. The van der Waals surface area contributed by atoms with E-state index in [9.17, 15) is 9.00 Å². The van der Waals surface area contributed by atoms with Crippen molar-refractivity contribution >= 4 is 28.3 Å². The summed E-state index contributed by atoms with van der Waals surface area (Å²) in [5.41, 5.74) is 0. The Bertz CT molecular complexity index is 165. The number of carbonyl (C=O) groups is 1. The first-order valence-corrected chi connectivity index (χ1v) is 5.55. The first-order valence-electron chi connectivity index (χ1n) is 2.64.